The summed E-state index contributed by atoms with van der Waals surface area (Å²) in [6.07, 6.45) is 0. The van der Waals surface area contributed by atoms with Gasteiger partial charge in [0, 0.05) is 43.7 Å². The van der Waals surface area contributed by atoms with Crippen molar-refractivity contribution in [2.24, 2.45) is 0 Å². The van der Waals surface area contributed by atoms with E-state index in [-0.39, 0.29) is 0 Å². The molecule has 0 atom stereocenters. The Morgan fingerprint density at radius 3 is 0.897 bits per heavy atom. The molecule has 0 amide bonds. The lowest BCUT2D eigenvalue weighted by Crippen LogP contribution is -2.07. The van der Waals surface area contributed by atoms with Crippen LogP contribution in [0.5, 0.6) is 0 Å². The van der Waals surface area contributed by atoms with Gasteiger partial charge in [-0.25, -0.2) is 0 Å². The number of thiazole rings is 4. The number of aromatic nitrogens is 4. The molecule has 298 valence electrons. The molecule has 0 fully saturated rings. The summed E-state index contributed by atoms with van der Waals surface area (Å²) in [4.78, 5) is 10.0. The second-order valence-electron chi connectivity index (χ2n) is 13.9. The average molecular weight is 984 g/mol. The minimum absolute atomic E-state index is 0.791. The van der Waals surface area contributed by atoms with Gasteiger partial charge in [-0.3, -0.25) is 18.3 Å². The molecule has 0 spiro atoms. The largest absolute Gasteiger partial charge is 0.294 e. The molecule has 0 radical (unpaired) electrons. The average Bonchev–Trinajstić information content (AvgIpc) is 3.97. The van der Waals surface area contributed by atoms with Gasteiger partial charge < -0.3 is 0 Å². The zero-order valence-corrected chi connectivity index (χ0v) is 43.1. The van der Waals surface area contributed by atoms with Crippen molar-refractivity contribution >= 4 is 152 Å². The van der Waals surface area contributed by atoms with Crippen molar-refractivity contribution in [3.63, 3.8) is 0 Å². The zero-order chi connectivity index (χ0) is 41.5. The van der Waals surface area contributed by atoms with Crippen LogP contribution in [-0.2, 0) is 0 Å². The molecule has 0 N–H and O–H groups in total. The van der Waals surface area contributed by atoms with E-state index >= 15 is 0 Å². The van der Waals surface area contributed by atoms with E-state index in [9.17, 15) is 0 Å². The van der Waals surface area contributed by atoms with Crippen molar-refractivity contribution in [2.45, 2.75) is 69.2 Å². The predicted molar refractivity (Wildman–Crippen MR) is 274 cm³/mol. The molecule has 6 heterocycles. The normalized spacial score (nSPS) is 14.5. The molecule has 2 aliphatic heterocycles. The van der Waals surface area contributed by atoms with Crippen molar-refractivity contribution in [3.05, 3.63) is 135 Å². The van der Waals surface area contributed by atoms with E-state index in [1.165, 1.54) is 49.0 Å². The van der Waals surface area contributed by atoms with Gasteiger partial charge in [0.05, 0.1) is 41.0 Å². The number of aryl methyl sites for hydroxylation is 2. The highest BCUT2D eigenvalue weighted by Crippen LogP contribution is 2.61. The first-order chi connectivity index (χ1) is 27.6. The lowest BCUT2D eigenvalue weighted by molar-refractivity contribution is 0.934. The van der Waals surface area contributed by atoms with Crippen LogP contribution in [0.3, 0.4) is 0 Å². The molecule has 16 heteroatoms. The number of nitrogens with zero attached hydrogens (tertiary/aromatic N) is 4. The summed E-state index contributed by atoms with van der Waals surface area (Å²) < 4.78 is 14.7. The summed E-state index contributed by atoms with van der Waals surface area (Å²) in [6, 6.07) is 17.0. The molecule has 2 aliphatic rings. The van der Waals surface area contributed by atoms with Gasteiger partial charge >= 0.3 is 0 Å². The molecule has 0 aliphatic carbocycles. The summed E-state index contributed by atoms with van der Waals surface area (Å²) in [6.45, 7) is 21.9. The van der Waals surface area contributed by atoms with Crippen LogP contribution >= 0.6 is 141 Å². The van der Waals surface area contributed by atoms with E-state index in [4.69, 9.17) is 48.9 Å². The first-order valence-electron chi connectivity index (χ1n) is 18.2. The van der Waals surface area contributed by atoms with Crippen LogP contribution in [0.25, 0.3) is 33.9 Å². The Labute approximate surface area is 393 Å². The SMILES string of the molecule is CC1=C(C)SC(=C(C(=C2SC(C)=C(C)S2)c2sc(=S)n(-c3ccccc3-n3c(C)c(C)sc3=S)c2C)c2sc(=S)n(-c3ccccc3-n3c(C)c(C)sc3=S)c2C)S1. The molecule has 0 saturated carbocycles. The maximum absolute atomic E-state index is 6.38. The van der Waals surface area contributed by atoms with E-state index in [2.05, 4.69) is 136 Å². The van der Waals surface area contributed by atoms with E-state index < -0.39 is 0 Å². The van der Waals surface area contributed by atoms with E-state index in [0.717, 1.165) is 71.1 Å². The molecule has 8 rings (SSSR count). The van der Waals surface area contributed by atoms with Crippen LogP contribution < -0.4 is 0 Å². The van der Waals surface area contributed by atoms with E-state index in [0.29, 0.717) is 0 Å². The van der Waals surface area contributed by atoms with Gasteiger partial charge in [-0.05, 0) is 162 Å². The van der Waals surface area contributed by atoms with Crippen molar-refractivity contribution in [1.82, 2.24) is 18.3 Å². The van der Waals surface area contributed by atoms with Crippen LogP contribution in [0.1, 0.15) is 70.0 Å². The van der Waals surface area contributed by atoms with Crippen molar-refractivity contribution < 1.29 is 0 Å². The molecule has 0 bridgehead atoms. The number of para-hydroxylation sites is 4. The van der Waals surface area contributed by atoms with Crippen LogP contribution in [0, 0.1) is 57.4 Å². The highest BCUT2D eigenvalue weighted by atomic mass is 32.2. The monoisotopic (exact) mass is 982 g/mol. The van der Waals surface area contributed by atoms with Gasteiger partial charge in [-0.1, -0.05) is 71.3 Å². The van der Waals surface area contributed by atoms with E-state index in [1.807, 2.05) is 47.0 Å². The number of benzene rings is 2. The predicted octanol–water partition coefficient (Wildman–Crippen LogP) is 17.4. The molecule has 4 aromatic heterocycles. The maximum Gasteiger partial charge on any atom is 0.166 e. The fraction of sp³-hybridized carbons (Fsp3) is 0.238. The Balaban J connectivity index is 1.40. The standard InChI is InChI=1S/C42H38N4S12/c1-19-23(5)55-39(47)43(19)29-15-11-13-17-31(29)45-21(3)35(57-41(45)49)33(37-51-25(7)26(8)52-37)34(38-53-27(9)28(10)54-38)36-22(4)46(42(50)58-36)32-18-14-12-16-30(32)44-20(2)24(6)56-40(44)48/h11-18H,1-10H3. The fourth-order valence-electron chi connectivity index (χ4n) is 6.95. The second kappa shape index (κ2) is 16.8. The topological polar surface area (TPSA) is 19.7 Å². The van der Waals surface area contributed by atoms with Gasteiger partial charge in [0.25, 0.3) is 0 Å². The minimum Gasteiger partial charge on any atom is -0.294 e. The van der Waals surface area contributed by atoms with Crippen molar-refractivity contribution in [3.8, 4) is 22.7 Å². The van der Waals surface area contributed by atoms with Crippen LogP contribution in [0.4, 0.5) is 0 Å². The minimum atomic E-state index is 0.791. The summed E-state index contributed by atoms with van der Waals surface area (Å²) in [7, 11) is 0. The first kappa shape index (κ1) is 42.9. The van der Waals surface area contributed by atoms with Crippen LogP contribution in [0.15, 0.2) is 76.6 Å². The van der Waals surface area contributed by atoms with Gasteiger partial charge in [0.2, 0.25) is 0 Å². The number of hydrogen-bond acceptors (Lipinski definition) is 12. The summed E-state index contributed by atoms with van der Waals surface area (Å²) in [5, 5.41) is 0. The molecular formula is C42H38N4S12. The first-order valence-corrected chi connectivity index (χ1v) is 26.3. The molecule has 0 saturated heterocycles. The third-order valence-electron chi connectivity index (χ3n) is 10.4. The molecular weight excluding hydrogens is 945 g/mol. The smallest absolute Gasteiger partial charge is 0.166 e. The lowest BCUT2D eigenvalue weighted by Gasteiger charge is -2.19. The van der Waals surface area contributed by atoms with Crippen LogP contribution in [-0.4, -0.2) is 18.3 Å². The van der Waals surface area contributed by atoms with E-state index in [1.54, 1.807) is 45.3 Å². The number of hydrogen-bond donors (Lipinski definition) is 0. The molecule has 58 heavy (non-hydrogen) atoms. The Morgan fingerprint density at radius 1 is 0.379 bits per heavy atom. The van der Waals surface area contributed by atoms with Gasteiger partial charge in [-0.2, -0.15) is 0 Å². The molecule has 6 aromatic rings. The van der Waals surface area contributed by atoms with Gasteiger partial charge in [0.15, 0.2) is 15.8 Å². The number of rotatable bonds is 7. The van der Waals surface area contributed by atoms with Crippen molar-refractivity contribution in [2.75, 3.05) is 0 Å². The second-order valence-corrected chi connectivity index (χ2v) is 26.3. The summed E-state index contributed by atoms with van der Waals surface area (Å²) >= 11 is 38.8. The third kappa shape index (κ3) is 7.38. The molecule has 2 aromatic carbocycles. The molecule has 0 unspecified atom stereocenters. The highest BCUT2D eigenvalue weighted by molar-refractivity contribution is 8.29. The summed E-state index contributed by atoms with van der Waals surface area (Å²) in [5.41, 5.74) is 11.0. The summed E-state index contributed by atoms with van der Waals surface area (Å²) in [5.74, 6) is 0. The Morgan fingerprint density at radius 2 is 0.638 bits per heavy atom. The van der Waals surface area contributed by atoms with Crippen molar-refractivity contribution in [1.29, 1.82) is 0 Å². The Bertz CT molecular complexity index is 2860. The fourth-order valence-corrected chi connectivity index (χ4v) is 18.4. The zero-order valence-electron chi connectivity index (χ0n) is 33.3. The maximum atomic E-state index is 6.38. The Kier molecular flexibility index (Phi) is 12.4. The third-order valence-corrected chi connectivity index (χ3v) is 21.5. The Hall–Kier alpha value is -1.80. The highest BCUT2D eigenvalue weighted by Gasteiger charge is 2.33. The lowest BCUT2D eigenvalue weighted by atomic mass is 10.0. The quantitative estimate of drug-likeness (QED) is 0.146. The molecule has 4 nitrogen and oxygen atoms in total. The van der Waals surface area contributed by atoms with Crippen LogP contribution in [0.2, 0.25) is 0 Å². The number of allylic oxidation sites excluding steroid dienone is 6. The van der Waals surface area contributed by atoms with Gasteiger partial charge in [-0.15, -0.1) is 45.3 Å². The number of thioether (sulfide) groups is 4. The van der Waals surface area contributed by atoms with Gasteiger partial charge in [0.1, 0.15) is 0 Å².